The molecule has 0 aromatic carbocycles. The van der Waals surface area contributed by atoms with Crippen molar-refractivity contribution in [1.82, 2.24) is 0 Å². The van der Waals surface area contributed by atoms with E-state index in [0.717, 1.165) is 0 Å². The lowest BCUT2D eigenvalue weighted by molar-refractivity contribution is -0.381. The van der Waals surface area contributed by atoms with E-state index in [9.17, 15) is 40.9 Å². The van der Waals surface area contributed by atoms with Crippen LogP contribution >= 0.6 is 0 Å². The summed E-state index contributed by atoms with van der Waals surface area (Å²) >= 11 is 0. The Morgan fingerprint density at radius 2 is 1.09 bits per heavy atom. The van der Waals surface area contributed by atoms with Crippen molar-refractivity contribution in [2.45, 2.75) is 106 Å². The minimum Gasteiger partial charge on any atom is -0.394 e. The second-order valence-corrected chi connectivity index (χ2v) is 8.52. The van der Waals surface area contributed by atoms with Crippen molar-refractivity contribution in [3.8, 4) is 0 Å². The van der Waals surface area contributed by atoms with Gasteiger partial charge in [0.25, 0.3) is 0 Å². The quantitative estimate of drug-likeness (QED) is 0.177. The lowest BCUT2D eigenvalue weighted by atomic mass is 9.96. The van der Waals surface area contributed by atoms with E-state index in [1.165, 1.54) is 14.0 Å². The number of hydrogen-bond acceptors (Lipinski definition) is 14. The van der Waals surface area contributed by atoms with E-state index in [1.807, 2.05) is 0 Å². The van der Waals surface area contributed by atoms with Crippen LogP contribution in [0.2, 0.25) is 0 Å². The monoisotopic (exact) mass is 486 g/mol. The molecule has 3 heterocycles. The number of rotatable bonds is 6. The third kappa shape index (κ3) is 5.34. The van der Waals surface area contributed by atoms with Gasteiger partial charge in [0.05, 0.1) is 18.8 Å². The van der Waals surface area contributed by atoms with Crippen LogP contribution in [0.15, 0.2) is 0 Å². The van der Waals surface area contributed by atoms with Gasteiger partial charge in [-0.15, -0.1) is 0 Å². The molecule has 14 heteroatoms. The highest BCUT2D eigenvalue weighted by atomic mass is 16.8. The molecule has 3 rings (SSSR count). The van der Waals surface area contributed by atoms with Crippen molar-refractivity contribution in [3.63, 3.8) is 0 Å². The van der Waals surface area contributed by atoms with Crippen molar-refractivity contribution in [3.05, 3.63) is 0 Å². The summed E-state index contributed by atoms with van der Waals surface area (Å²) < 4.78 is 33.0. The van der Waals surface area contributed by atoms with Gasteiger partial charge in [-0.25, -0.2) is 0 Å². The highest BCUT2D eigenvalue weighted by Gasteiger charge is 2.53. The van der Waals surface area contributed by atoms with Crippen molar-refractivity contribution in [1.29, 1.82) is 0 Å². The Hall–Kier alpha value is -0.560. The van der Waals surface area contributed by atoms with Crippen LogP contribution in [0.3, 0.4) is 0 Å². The first kappa shape index (κ1) is 27.0. The van der Waals surface area contributed by atoms with Gasteiger partial charge in [-0.05, 0) is 13.8 Å². The predicted molar refractivity (Wildman–Crippen MR) is 103 cm³/mol. The first-order valence-electron chi connectivity index (χ1n) is 10.7. The maximum atomic E-state index is 10.8. The second-order valence-electron chi connectivity index (χ2n) is 8.52. The minimum atomic E-state index is -1.72. The molecule has 15 atom stereocenters. The number of methoxy groups -OCH3 is 1. The summed E-state index contributed by atoms with van der Waals surface area (Å²) in [5, 5.41) is 80.8. The minimum absolute atomic E-state index is 0.671. The fourth-order valence-electron chi connectivity index (χ4n) is 4.14. The van der Waals surface area contributed by atoms with Crippen LogP contribution in [0, 0.1) is 0 Å². The van der Waals surface area contributed by atoms with Crippen LogP contribution in [0.5, 0.6) is 0 Å². The largest absolute Gasteiger partial charge is 0.394 e. The average Bonchev–Trinajstić information content (AvgIpc) is 2.79. The van der Waals surface area contributed by atoms with Crippen LogP contribution in [0.4, 0.5) is 0 Å². The Morgan fingerprint density at radius 1 is 0.576 bits per heavy atom. The molecule has 194 valence electrons. The van der Waals surface area contributed by atoms with E-state index in [-0.39, 0.29) is 0 Å². The fourth-order valence-corrected chi connectivity index (χ4v) is 4.14. The lowest BCUT2D eigenvalue weighted by Gasteiger charge is -2.48. The van der Waals surface area contributed by atoms with Crippen molar-refractivity contribution in [2.75, 3.05) is 13.7 Å². The molecule has 8 N–H and O–H groups in total. The predicted octanol–water partition coefficient (Wildman–Crippen LogP) is -4.86. The summed E-state index contributed by atoms with van der Waals surface area (Å²) in [4.78, 5) is 0. The molecule has 0 amide bonds. The van der Waals surface area contributed by atoms with E-state index in [1.54, 1.807) is 6.92 Å². The van der Waals surface area contributed by atoms with Crippen molar-refractivity contribution in [2.24, 2.45) is 0 Å². The molecule has 0 unspecified atom stereocenters. The summed E-state index contributed by atoms with van der Waals surface area (Å²) in [7, 11) is 1.28. The molecule has 14 nitrogen and oxygen atoms in total. The Balaban J connectivity index is 1.82. The van der Waals surface area contributed by atoms with Gasteiger partial charge in [0.1, 0.15) is 61.0 Å². The highest BCUT2D eigenvalue weighted by Crippen LogP contribution is 2.33. The van der Waals surface area contributed by atoms with Gasteiger partial charge in [-0.3, -0.25) is 0 Å². The van der Waals surface area contributed by atoms with Crippen LogP contribution in [0.1, 0.15) is 13.8 Å². The number of aliphatic hydroxyl groups excluding tert-OH is 8. The van der Waals surface area contributed by atoms with Gasteiger partial charge in [0.2, 0.25) is 0 Å². The zero-order chi connectivity index (χ0) is 24.6. The first-order chi connectivity index (χ1) is 15.5. The molecule has 33 heavy (non-hydrogen) atoms. The molecule has 3 saturated heterocycles. The molecule has 0 spiro atoms. The van der Waals surface area contributed by atoms with Crippen LogP contribution < -0.4 is 0 Å². The zero-order valence-corrected chi connectivity index (χ0v) is 18.4. The zero-order valence-electron chi connectivity index (χ0n) is 18.4. The molecular weight excluding hydrogens is 452 g/mol. The Bertz CT molecular complexity index is 623. The van der Waals surface area contributed by atoms with Gasteiger partial charge in [-0.2, -0.15) is 0 Å². The van der Waals surface area contributed by atoms with Crippen LogP contribution in [-0.4, -0.2) is 147 Å². The van der Waals surface area contributed by atoms with E-state index in [2.05, 4.69) is 0 Å². The van der Waals surface area contributed by atoms with E-state index >= 15 is 0 Å². The molecule has 0 radical (unpaired) electrons. The number of aliphatic hydroxyl groups is 8. The molecule has 3 aliphatic heterocycles. The van der Waals surface area contributed by atoms with Gasteiger partial charge in [0, 0.05) is 7.11 Å². The average molecular weight is 486 g/mol. The summed E-state index contributed by atoms with van der Waals surface area (Å²) in [5.41, 5.74) is 0. The van der Waals surface area contributed by atoms with Gasteiger partial charge >= 0.3 is 0 Å². The molecular formula is C19H34O14. The molecule has 0 bridgehead atoms. The molecule has 0 aromatic rings. The standard InChI is InChI=1S/C19H34O14/c1-5-8(21)10(23)12(25)18(29-5)33-16-14(27)17(28-3)30-6(2)15(16)32-19-13(26)11(24)9(22)7(4-20)31-19/h5-27H,4H2,1-3H3/t5-,6-,7+,8-,9+,10+,11-,12+,13+,14+,15-,16-,17+,18-,19-/m0/s1. The van der Waals surface area contributed by atoms with Crippen LogP contribution in [0.25, 0.3) is 0 Å². The highest BCUT2D eigenvalue weighted by molar-refractivity contribution is 4.95. The molecule has 0 aliphatic carbocycles. The Kier molecular flexibility index (Phi) is 9.02. The molecule has 3 aliphatic rings. The van der Waals surface area contributed by atoms with Gasteiger partial charge in [0.15, 0.2) is 18.9 Å². The van der Waals surface area contributed by atoms with Crippen LogP contribution in [-0.2, 0) is 28.4 Å². The van der Waals surface area contributed by atoms with Gasteiger partial charge in [-0.1, -0.05) is 0 Å². The van der Waals surface area contributed by atoms with Gasteiger partial charge < -0.3 is 69.3 Å². The van der Waals surface area contributed by atoms with Crippen molar-refractivity contribution < 1.29 is 69.3 Å². The van der Waals surface area contributed by atoms with E-state index in [0.29, 0.717) is 0 Å². The van der Waals surface area contributed by atoms with E-state index in [4.69, 9.17) is 28.4 Å². The Morgan fingerprint density at radius 3 is 1.67 bits per heavy atom. The Labute approximate surface area is 189 Å². The third-order valence-corrected chi connectivity index (χ3v) is 6.22. The molecule has 3 fully saturated rings. The summed E-state index contributed by atoms with van der Waals surface area (Å²) in [6.07, 6.45) is -20.9. The number of ether oxygens (including phenoxy) is 6. The van der Waals surface area contributed by atoms with E-state index < -0.39 is 98.7 Å². The molecule has 0 saturated carbocycles. The smallest absolute Gasteiger partial charge is 0.187 e. The van der Waals surface area contributed by atoms with Crippen molar-refractivity contribution >= 4 is 0 Å². The third-order valence-electron chi connectivity index (χ3n) is 6.22. The summed E-state index contributed by atoms with van der Waals surface area (Å²) in [6, 6.07) is 0. The summed E-state index contributed by atoms with van der Waals surface area (Å²) in [5.74, 6) is 0. The first-order valence-corrected chi connectivity index (χ1v) is 10.7. The number of hydrogen-bond donors (Lipinski definition) is 8. The summed E-state index contributed by atoms with van der Waals surface area (Å²) in [6.45, 7) is 2.33. The fraction of sp³-hybridized carbons (Fsp3) is 1.00. The maximum absolute atomic E-state index is 10.8. The molecule has 0 aromatic heterocycles. The maximum Gasteiger partial charge on any atom is 0.187 e. The topological polar surface area (TPSA) is 217 Å². The normalized spacial score (nSPS) is 53.7. The second kappa shape index (κ2) is 11.0. The lowest BCUT2D eigenvalue weighted by Crippen LogP contribution is -2.66. The SMILES string of the molecule is CO[C@@H]1O[C@@H](C)[C@H](O[C@@H]2O[C@H](CO)[C@@H](O)[C@H](O)[C@H]2O)[C@@H](O[C@@H]2O[C@@H](C)[C@H](O)[C@@H](O)[C@H]2O)[C@H]1O.